The predicted molar refractivity (Wildman–Crippen MR) is 74.1 cm³/mol. The van der Waals surface area contributed by atoms with Gasteiger partial charge in [0.1, 0.15) is 5.69 Å². The van der Waals surface area contributed by atoms with E-state index in [4.69, 9.17) is 4.74 Å². The highest BCUT2D eigenvalue weighted by Crippen LogP contribution is 2.12. The Bertz CT molecular complexity index is 568. The van der Waals surface area contributed by atoms with Crippen LogP contribution in [0.2, 0.25) is 0 Å². The largest absolute Gasteiger partial charge is 0.461 e. The molecular formula is C15H18N2O3. The Morgan fingerprint density at radius 1 is 1.35 bits per heavy atom. The number of carbonyl (C=O) groups is 2. The highest BCUT2D eigenvalue weighted by atomic mass is 16.5. The second-order valence-electron chi connectivity index (χ2n) is 4.73. The van der Waals surface area contributed by atoms with Crippen LogP contribution in [0.4, 0.5) is 0 Å². The van der Waals surface area contributed by atoms with E-state index in [-0.39, 0.29) is 18.1 Å². The SMILES string of the molecule is CCOC(=O)c1cc(CC(C)C)c(C#CC(C)=O)nn1. The van der Waals surface area contributed by atoms with E-state index in [0.717, 1.165) is 5.56 Å². The molecule has 0 unspecified atom stereocenters. The minimum Gasteiger partial charge on any atom is -0.461 e. The van der Waals surface area contributed by atoms with Gasteiger partial charge in [0.2, 0.25) is 5.78 Å². The fraction of sp³-hybridized carbons (Fsp3) is 0.467. The van der Waals surface area contributed by atoms with Crippen LogP contribution in [0.3, 0.4) is 0 Å². The van der Waals surface area contributed by atoms with E-state index in [9.17, 15) is 9.59 Å². The molecular weight excluding hydrogens is 256 g/mol. The van der Waals surface area contributed by atoms with Crippen molar-refractivity contribution < 1.29 is 14.3 Å². The minimum atomic E-state index is -0.504. The Hall–Kier alpha value is -2.22. The van der Waals surface area contributed by atoms with Gasteiger partial charge >= 0.3 is 5.97 Å². The molecule has 0 fully saturated rings. The summed E-state index contributed by atoms with van der Waals surface area (Å²) in [5.74, 6) is 4.76. The highest BCUT2D eigenvalue weighted by Gasteiger charge is 2.13. The number of ketones is 1. The smallest absolute Gasteiger partial charge is 0.358 e. The summed E-state index contributed by atoms with van der Waals surface area (Å²) >= 11 is 0. The van der Waals surface area contributed by atoms with E-state index < -0.39 is 5.97 Å². The van der Waals surface area contributed by atoms with Gasteiger partial charge in [-0.1, -0.05) is 13.8 Å². The van der Waals surface area contributed by atoms with Crippen LogP contribution in [0.25, 0.3) is 0 Å². The number of nitrogens with zero attached hydrogens (tertiary/aromatic N) is 2. The maximum absolute atomic E-state index is 11.6. The molecule has 0 aromatic carbocycles. The molecule has 0 saturated carbocycles. The van der Waals surface area contributed by atoms with E-state index in [2.05, 4.69) is 22.0 Å². The molecule has 5 heteroatoms. The van der Waals surface area contributed by atoms with E-state index in [0.29, 0.717) is 18.0 Å². The van der Waals surface area contributed by atoms with E-state index in [1.54, 1.807) is 13.0 Å². The van der Waals surface area contributed by atoms with Gasteiger partial charge in [0, 0.05) is 6.92 Å². The Morgan fingerprint density at radius 2 is 2.05 bits per heavy atom. The van der Waals surface area contributed by atoms with Crippen molar-refractivity contribution in [3.63, 3.8) is 0 Å². The minimum absolute atomic E-state index is 0.163. The van der Waals surface area contributed by atoms with E-state index in [1.165, 1.54) is 6.92 Å². The monoisotopic (exact) mass is 274 g/mol. The first-order valence-electron chi connectivity index (χ1n) is 6.50. The zero-order valence-corrected chi connectivity index (χ0v) is 12.2. The summed E-state index contributed by atoms with van der Waals surface area (Å²) in [6.45, 7) is 7.49. The zero-order chi connectivity index (χ0) is 15.1. The summed E-state index contributed by atoms with van der Waals surface area (Å²) in [6, 6.07) is 1.63. The van der Waals surface area contributed by atoms with Gasteiger partial charge in [0.15, 0.2) is 5.69 Å². The fourth-order valence-electron chi connectivity index (χ4n) is 1.58. The molecule has 0 saturated heterocycles. The second-order valence-corrected chi connectivity index (χ2v) is 4.73. The van der Waals surface area contributed by atoms with Crippen molar-refractivity contribution in [2.45, 2.75) is 34.1 Å². The zero-order valence-electron chi connectivity index (χ0n) is 12.2. The summed E-state index contributed by atoms with van der Waals surface area (Å²) < 4.78 is 4.89. The first-order valence-corrected chi connectivity index (χ1v) is 6.50. The van der Waals surface area contributed by atoms with Gasteiger partial charge in [-0.05, 0) is 42.7 Å². The average Bonchev–Trinajstić information content (AvgIpc) is 2.36. The molecule has 0 bridgehead atoms. The molecule has 1 heterocycles. The topological polar surface area (TPSA) is 69.2 Å². The molecule has 0 aliphatic carbocycles. The maximum atomic E-state index is 11.6. The number of carbonyl (C=O) groups excluding carboxylic acids is 2. The second kappa shape index (κ2) is 7.39. The third-order valence-electron chi connectivity index (χ3n) is 2.34. The number of Topliss-reactive ketones (excluding diaryl/α,β-unsaturated/α-hetero) is 1. The van der Waals surface area contributed by atoms with Crippen LogP contribution in [-0.2, 0) is 16.0 Å². The van der Waals surface area contributed by atoms with Crippen molar-refractivity contribution in [2.75, 3.05) is 6.61 Å². The molecule has 106 valence electrons. The number of esters is 1. The predicted octanol–water partition coefficient (Wildman–Crippen LogP) is 1.79. The van der Waals surface area contributed by atoms with E-state index >= 15 is 0 Å². The van der Waals surface area contributed by atoms with Crippen molar-refractivity contribution in [3.8, 4) is 11.8 Å². The fourth-order valence-corrected chi connectivity index (χ4v) is 1.58. The lowest BCUT2D eigenvalue weighted by molar-refractivity contribution is -0.111. The van der Waals surface area contributed by atoms with Crippen LogP contribution in [0, 0.1) is 17.8 Å². The van der Waals surface area contributed by atoms with Crippen LogP contribution >= 0.6 is 0 Å². The maximum Gasteiger partial charge on any atom is 0.358 e. The van der Waals surface area contributed by atoms with Gasteiger partial charge in [-0.15, -0.1) is 10.2 Å². The Kier molecular flexibility index (Phi) is 5.85. The molecule has 0 aliphatic rings. The first kappa shape index (κ1) is 15.8. The lowest BCUT2D eigenvalue weighted by Gasteiger charge is -2.08. The number of aromatic nitrogens is 2. The van der Waals surface area contributed by atoms with Crippen LogP contribution in [-0.4, -0.2) is 28.6 Å². The Labute approximate surface area is 118 Å². The number of ether oxygens (including phenoxy) is 1. The molecule has 1 aromatic heterocycles. The molecule has 0 aliphatic heterocycles. The quantitative estimate of drug-likeness (QED) is 0.618. The Morgan fingerprint density at radius 3 is 2.60 bits per heavy atom. The number of rotatable bonds is 4. The Balaban J connectivity index is 3.16. The van der Waals surface area contributed by atoms with Gasteiger partial charge in [0.25, 0.3) is 0 Å². The highest BCUT2D eigenvalue weighted by molar-refractivity contribution is 5.93. The summed E-state index contributed by atoms with van der Waals surface area (Å²) in [6.07, 6.45) is 0.698. The van der Waals surface area contributed by atoms with Crippen LogP contribution in [0.15, 0.2) is 6.07 Å². The normalized spacial score (nSPS) is 9.85. The van der Waals surface area contributed by atoms with Crippen molar-refractivity contribution in [1.29, 1.82) is 0 Å². The first-order chi connectivity index (χ1) is 9.43. The molecule has 1 aromatic rings. The molecule has 1 rings (SSSR count). The number of hydrogen-bond donors (Lipinski definition) is 0. The van der Waals surface area contributed by atoms with Crippen molar-refractivity contribution in [3.05, 3.63) is 23.0 Å². The molecule has 20 heavy (non-hydrogen) atoms. The third-order valence-corrected chi connectivity index (χ3v) is 2.34. The average molecular weight is 274 g/mol. The summed E-state index contributed by atoms with van der Waals surface area (Å²) in [5, 5.41) is 7.74. The summed E-state index contributed by atoms with van der Waals surface area (Å²) in [5.41, 5.74) is 1.39. The van der Waals surface area contributed by atoms with Gasteiger partial charge in [-0.2, -0.15) is 0 Å². The molecule has 5 nitrogen and oxygen atoms in total. The molecule has 0 radical (unpaired) electrons. The summed E-state index contributed by atoms with van der Waals surface area (Å²) in [7, 11) is 0. The van der Waals surface area contributed by atoms with Crippen molar-refractivity contribution >= 4 is 11.8 Å². The van der Waals surface area contributed by atoms with Crippen molar-refractivity contribution in [2.24, 2.45) is 5.92 Å². The molecule has 0 N–H and O–H groups in total. The van der Waals surface area contributed by atoms with E-state index in [1.807, 2.05) is 13.8 Å². The molecule has 0 amide bonds. The van der Waals surface area contributed by atoms with Crippen LogP contribution in [0.1, 0.15) is 49.4 Å². The lowest BCUT2D eigenvalue weighted by Crippen LogP contribution is -2.11. The van der Waals surface area contributed by atoms with Gasteiger partial charge in [0.05, 0.1) is 6.61 Å². The lowest BCUT2D eigenvalue weighted by atomic mass is 10.0. The number of hydrogen-bond acceptors (Lipinski definition) is 5. The molecule has 0 spiro atoms. The van der Waals surface area contributed by atoms with Crippen LogP contribution < -0.4 is 0 Å². The van der Waals surface area contributed by atoms with Gasteiger partial charge < -0.3 is 4.74 Å². The summed E-state index contributed by atoms with van der Waals surface area (Å²) in [4.78, 5) is 22.6. The van der Waals surface area contributed by atoms with Gasteiger partial charge in [-0.25, -0.2) is 4.79 Å². The van der Waals surface area contributed by atoms with Crippen molar-refractivity contribution in [1.82, 2.24) is 10.2 Å². The van der Waals surface area contributed by atoms with Gasteiger partial charge in [-0.3, -0.25) is 4.79 Å². The standard InChI is InChI=1S/C15H18N2O3/c1-5-20-15(19)14-9-12(8-10(2)3)13(16-17-14)7-6-11(4)18/h9-10H,5,8H2,1-4H3. The third kappa shape index (κ3) is 4.81. The van der Waals surface area contributed by atoms with Crippen LogP contribution in [0.5, 0.6) is 0 Å². The molecule has 0 atom stereocenters.